The molecule has 5 aliphatic rings. The van der Waals surface area contributed by atoms with Crippen molar-refractivity contribution in [3.8, 4) is 0 Å². The number of hydrogen-bond acceptors (Lipinski definition) is 3. The third kappa shape index (κ3) is 6.89. The molecule has 3 nitrogen and oxygen atoms in total. The number of fused-ring (bicyclic) bond motifs is 7. The molecule has 12 rings (SSSR count). The van der Waals surface area contributed by atoms with Crippen molar-refractivity contribution in [2.75, 3.05) is 14.7 Å². The Morgan fingerprint density at radius 2 is 0.931 bits per heavy atom. The van der Waals surface area contributed by atoms with Crippen molar-refractivity contribution in [3.63, 3.8) is 0 Å². The summed E-state index contributed by atoms with van der Waals surface area (Å²) in [4.78, 5) is 7.36. The second-order valence-electron chi connectivity index (χ2n) is 26.5. The van der Waals surface area contributed by atoms with E-state index in [1.807, 2.05) is 6.07 Å². The standard InChI is InChI=1S/C68H76BN3/c1-42-34-59-62-60(35-42)72(56-39-51-49(36-43(56)2)63(4,5)30-32-65(51,8)9)58-40-52-50(64(6,7)31-33-66(52,10)11)38-54(58)69(62)53-28-26-47(70(45-22-18-16-19-23-45)46-24-20-17-21-25-46)37-57(53)71(59)55-29-27-48-61(44(55)3)68(14,15)41-67(48,12)13/h16-29,34-40H,30-33,41H2,1-15H3/i1D3. The van der Waals surface area contributed by atoms with Gasteiger partial charge in [0.2, 0.25) is 0 Å². The molecule has 0 aromatic heterocycles. The molecule has 0 saturated heterocycles. The Labute approximate surface area is 437 Å². The Morgan fingerprint density at radius 1 is 0.431 bits per heavy atom. The normalized spacial score (nSPS) is 20.4. The van der Waals surface area contributed by atoms with Crippen LogP contribution in [0.25, 0.3) is 0 Å². The second-order valence-corrected chi connectivity index (χ2v) is 26.5. The SMILES string of the molecule is [2H]C([2H])([2H])c1cc2c3c(c1)N(c1ccc4c(c1C)C(C)(C)CC4(C)C)c1cc(N(c4ccccc4)c4ccccc4)ccc1B3c1cc3c(cc1N2c1cc2c(cc1C)C(C)(C)CCC2(C)C)C(C)(C)CCC3(C)C. The van der Waals surface area contributed by atoms with Crippen molar-refractivity contribution in [1.82, 2.24) is 0 Å². The van der Waals surface area contributed by atoms with Gasteiger partial charge in [-0.2, -0.15) is 0 Å². The van der Waals surface area contributed by atoms with Crippen LogP contribution >= 0.6 is 0 Å². The molecule has 2 heterocycles. The van der Waals surface area contributed by atoms with E-state index >= 15 is 0 Å². The van der Waals surface area contributed by atoms with Gasteiger partial charge in [-0.3, -0.25) is 0 Å². The van der Waals surface area contributed by atoms with Crippen LogP contribution < -0.4 is 31.1 Å². The van der Waals surface area contributed by atoms with Crippen LogP contribution in [0.2, 0.25) is 0 Å². The van der Waals surface area contributed by atoms with Crippen LogP contribution in [0.1, 0.15) is 169 Å². The maximum Gasteiger partial charge on any atom is 0.252 e. The number of hydrogen-bond donors (Lipinski definition) is 0. The Hall–Kier alpha value is -6.00. The summed E-state index contributed by atoms with van der Waals surface area (Å²) in [6.45, 7) is 31.0. The summed E-state index contributed by atoms with van der Waals surface area (Å²) in [6, 6.07) is 47.5. The van der Waals surface area contributed by atoms with Gasteiger partial charge in [0.15, 0.2) is 0 Å². The predicted octanol–water partition coefficient (Wildman–Crippen LogP) is 16.8. The van der Waals surface area contributed by atoms with Gasteiger partial charge in [0.25, 0.3) is 6.71 Å². The minimum atomic E-state index is -2.39. The van der Waals surface area contributed by atoms with Crippen LogP contribution in [-0.4, -0.2) is 6.71 Å². The lowest BCUT2D eigenvalue weighted by molar-refractivity contribution is 0.331. The third-order valence-corrected chi connectivity index (χ3v) is 18.7. The summed E-state index contributed by atoms with van der Waals surface area (Å²) >= 11 is 0. The highest BCUT2D eigenvalue weighted by Crippen LogP contribution is 2.56. The first-order valence-corrected chi connectivity index (χ1v) is 26.9. The lowest BCUT2D eigenvalue weighted by Crippen LogP contribution is -2.62. The van der Waals surface area contributed by atoms with Crippen LogP contribution in [0, 0.1) is 20.7 Å². The average Bonchev–Trinajstić information content (AvgIpc) is 3.58. The smallest absolute Gasteiger partial charge is 0.252 e. The van der Waals surface area contributed by atoms with Gasteiger partial charge < -0.3 is 14.7 Å². The number of benzene rings is 7. The topological polar surface area (TPSA) is 9.72 Å². The average molecular weight is 949 g/mol. The zero-order valence-corrected chi connectivity index (χ0v) is 45.6. The first-order chi connectivity index (χ1) is 35.1. The highest BCUT2D eigenvalue weighted by atomic mass is 15.2. The summed E-state index contributed by atoms with van der Waals surface area (Å²) in [5.41, 5.74) is 24.2. The largest absolute Gasteiger partial charge is 0.311 e. The highest BCUT2D eigenvalue weighted by Gasteiger charge is 2.49. The van der Waals surface area contributed by atoms with E-state index in [1.54, 1.807) is 0 Å². The van der Waals surface area contributed by atoms with E-state index in [0.29, 0.717) is 5.56 Å². The fourth-order valence-corrected chi connectivity index (χ4v) is 14.9. The fourth-order valence-electron chi connectivity index (χ4n) is 14.9. The number of aryl methyl sites for hydroxylation is 2. The molecule has 0 amide bonds. The summed E-state index contributed by atoms with van der Waals surface area (Å²) in [5.74, 6) is 0. The summed E-state index contributed by atoms with van der Waals surface area (Å²) in [5, 5.41) is 0. The number of para-hydroxylation sites is 2. The van der Waals surface area contributed by atoms with E-state index in [4.69, 9.17) is 0 Å². The van der Waals surface area contributed by atoms with Crippen LogP contribution in [-0.2, 0) is 32.5 Å². The van der Waals surface area contributed by atoms with Crippen LogP contribution in [0.3, 0.4) is 0 Å². The molecule has 2 aliphatic heterocycles. The lowest BCUT2D eigenvalue weighted by atomic mass is 9.33. The zero-order chi connectivity index (χ0) is 53.3. The summed E-state index contributed by atoms with van der Waals surface area (Å²) in [6.07, 6.45) is 5.48. The van der Waals surface area contributed by atoms with Crippen molar-refractivity contribution in [1.29, 1.82) is 0 Å². The highest BCUT2D eigenvalue weighted by molar-refractivity contribution is 7.00. The van der Waals surface area contributed by atoms with Crippen LogP contribution in [0.15, 0.2) is 127 Å². The fraction of sp³-hybridized carbons (Fsp3) is 0.382. The minimum absolute atomic E-state index is 0.00854. The van der Waals surface area contributed by atoms with Gasteiger partial charge in [0, 0.05) is 55.3 Å². The molecule has 4 heteroatoms. The summed E-state index contributed by atoms with van der Waals surface area (Å²) in [7, 11) is 0. The first-order valence-electron chi connectivity index (χ1n) is 28.4. The number of anilines is 9. The van der Waals surface area contributed by atoms with Gasteiger partial charge in [-0.1, -0.05) is 144 Å². The van der Waals surface area contributed by atoms with E-state index < -0.39 is 6.85 Å². The van der Waals surface area contributed by atoms with E-state index in [-0.39, 0.29) is 39.2 Å². The molecule has 0 spiro atoms. The van der Waals surface area contributed by atoms with Gasteiger partial charge in [-0.15, -0.1) is 0 Å². The molecule has 0 atom stereocenters. The minimum Gasteiger partial charge on any atom is -0.311 e. The second kappa shape index (κ2) is 15.5. The van der Waals surface area contributed by atoms with Gasteiger partial charge >= 0.3 is 0 Å². The van der Waals surface area contributed by atoms with Gasteiger partial charge in [-0.25, -0.2) is 0 Å². The molecule has 7 aromatic carbocycles. The molecule has 0 saturated carbocycles. The molecular weight excluding hydrogens is 870 g/mol. The Kier molecular flexibility index (Phi) is 9.39. The monoisotopic (exact) mass is 949 g/mol. The molecule has 0 N–H and O–H groups in total. The maximum atomic E-state index is 9.35. The lowest BCUT2D eigenvalue weighted by Gasteiger charge is -2.48. The molecule has 7 aromatic rings. The molecule has 0 radical (unpaired) electrons. The molecular formula is C68H76BN3. The third-order valence-electron chi connectivity index (χ3n) is 18.7. The molecule has 72 heavy (non-hydrogen) atoms. The number of rotatable bonds is 5. The Balaban J connectivity index is 1.23. The molecule has 0 unspecified atom stereocenters. The molecule has 0 fully saturated rings. The Bertz CT molecular complexity index is 3470. The zero-order valence-electron chi connectivity index (χ0n) is 48.6. The van der Waals surface area contributed by atoms with Crippen LogP contribution in [0.5, 0.6) is 0 Å². The quantitative estimate of drug-likeness (QED) is 0.159. The van der Waals surface area contributed by atoms with E-state index in [1.165, 1.54) is 55.4 Å². The van der Waals surface area contributed by atoms with Crippen molar-refractivity contribution >= 4 is 74.3 Å². The van der Waals surface area contributed by atoms with Gasteiger partial charge in [0.05, 0.1) is 0 Å². The van der Waals surface area contributed by atoms with Gasteiger partial charge in [-0.05, 0) is 218 Å². The first kappa shape index (κ1) is 43.6. The molecule has 3 aliphatic carbocycles. The van der Waals surface area contributed by atoms with E-state index in [2.05, 4.69) is 233 Å². The number of nitrogens with zero attached hydrogens (tertiary/aromatic N) is 3. The Morgan fingerprint density at radius 3 is 1.49 bits per heavy atom. The van der Waals surface area contributed by atoms with Gasteiger partial charge in [0.1, 0.15) is 0 Å². The van der Waals surface area contributed by atoms with E-state index in [0.717, 1.165) is 88.8 Å². The van der Waals surface area contributed by atoms with E-state index in [9.17, 15) is 4.11 Å². The predicted molar refractivity (Wildman–Crippen MR) is 311 cm³/mol. The van der Waals surface area contributed by atoms with Crippen molar-refractivity contribution in [2.24, 2.45) is 0 Å². The van der Waals surface area contributed by atoms with Crippen molar-refractivity contribution in [3.05, 3.63) is 177 Å². The van der Waals surface area contributed by atoms with Crippen molar-refractivity contribution < 1.29 is 4.11 Å². The molecule has 366 valence electrons. The van der Waals surface area contributed by atoms with Crippen LogP contribution in [0.4, 0.5) is 51.2 Å². The maximum absolute atomic E-state index is 9.35. The van der Waals surface area contributed by atoms with Crippen molar-refractivity contribution in [2.45, 2.75) is 168 Å². The molecule has 0 bridgehead atoms. The summed E-state index contributed by atoms with van der Waals surface area (Å²) < 4.78 is 28.1.